The van der Waals surface area contributed by atoms with Gasteiger partial charge in [0.2, 0.25) is 0 Å². The lowest BCUT2D eigenvalue weighted by atomic mass is 9.86. The van der Waals surface area contributed by atoms with Gasteiger partial charge in [-0.2, -0.15) is 0 Å². The molecule has 1 heterocycles. The number of aromatic nitrogens is 3. The van der Waals surface area contributed by atoms with Gasteiger partial charge in [0.1, 0.15) is 0 Å². The predicted molar refractivity (Wildman–Crippen MR) is 270 cm³/mol. The van der Waals surface area contributed by atoms with E-state index in [2.05, 4.69) is 188 Å². The molecule has 0 bridgehead atoms. The first-order chi connectivity index (χ1) is 31.8. The van der Waals surface area contributed by atoms with Crippen molar-refractivity contribution in [3.63, 3.8) is 0 Å². The molecular weight excluding hydrogens is 775 g/mol. The Morgan fingerprint density at radius 1 is 0.219 bits per heavy atom. The summed E-state index contributed by atoms with van der Waals surface area (Å²) < 4.78 is 0. The molecule has 64 heavy (non-hydrogen) atoms. The Hall–Kier alpha value is -8.53. The maximum absolute atomic E-state index is 5.22. The number of nitrogens with zero attached hydrogens (tertiary/aromatic N) is 3. The van der Waals surface area contributed by atoms with Crippen LogP contribution in [0.25, 0.3) is 132 Å². The molecule has 0 aliphatic rings. The topological polar surface area (TPSA) is 38.7 Å². The molecule has 0 fully saturated rings. The second-order valence-corrected chi connectivity index (χ2v) is 16.6. The molecule has 1 aromatic heterocycles. The number of hydrogen-bond donors (Lipinski definition) is 0. The summed E-state index contributed by atoms with van der Waals surface area (Å²) in [6.07, 6.45) is 0. The highest BCUT2D eigenvalue weighted by Gasteiger charge is 2.21. The van der Waals surface area contributed by atoms with E-state index in [1.165, 1.54) is 70.6 Å². The van der Waals surface area contributed by atoms with E-state index in [0.29, 0.717) is 17.5 Å². The summed E-state index contributed by atoms with van der Waals surface area (Å²) >= 11 is 0. The smallest absolute Gasteiger partial charge is 0.165 e. The molecule has 0 aliphatic carbocycles. The Balaban J connectivity index is 1.02. The highest BCUT2D eigenvalue weighted by Crippen LogP contribution is 2.46. The zero-order valence-electron chi connectivity index (χ0n) is 34.7. The zero-order valence-corrected chi connectivity index (χ0v) is 34.7. The van der Waals surface area contributed by atoms with E-state index in [0.717, 1.165) is 43.8 Å². The van der Waals surface area contributed by atoms with Crippen molar-refractivity contribution in [2.45, 2.75) is 0 Å². The minimum absolute atomic E-state index is 0.646. The van der Waals surface area contributed by atoms with Gasteiger partial charge in [-0.1, -0.05) is 218 Å². The van der Waals surface area contributed by atoms with E-state index in [9.17, 15) is 0 Å². The van der Waals surface area contributed by atoms with Gasteiger partial charge in [0.15, 0.2) is 17.5 Å². The van der Waals surface area contributed by atoms with Crippen LogP contribution in [0.15, 0.2) is 224 Å². The summed E-state index contributed by atoms with van der Waals surface area (Å²) in [7, 11) is 0. The van der Waals surface area contributed by atoms with Gasteiger partial charge in [-0.3, -0.25) is 0 Å². The molecular formula is C61H37N3. The largest absolute Gasteiger partial charge is 0.208 e. The molecule has 3 heteroatoms. The lowest BCUT2D eigenvalue weighted by Gasteiger charge is -2.18. The lowest BCUT2D eigenvalue weighted by molar-refractivity contribution is 1.08. The summed E-state index contributed by atoms with van der Waals surface area (Å²) in [6, 6.07) is 80.8. The molecule has 0 aliphatic heterocycles. The lowest BCUT2D eigenvalue weighted by Crippen LogP contribution is -2.01. The summed E-state index contributed by atoms with van der Waals surface area (Å²) in [4.78, 5) is 15.5. The van der Waals surface area contributed by atoms with Crippen LogP contribution in [-0.2, 0) is 0 Å². The van der Waals surface area contributed by atoms with Crippen LogP contribution in [0, 0.1) is 0 Å². The van der Waals surface area contributed by atoms with Gasteiger partial charge in [-0.05, 0) is 104 Å². The van der Waals surface area contributed by atoms with Gasteiger partial charge in [-0.25, -0.2) is 15.0 Å². The Labute approximate surface area is 369 Å². The number of rotatable bonds is 5. The van der Waals surface area contributed by atoms with E-state index in [4.69, 9.17) is 15.0 Å². The minimum Gasteiger partial charge on any atom is -0.208 e. The third-order valence-corrected chi connectivity index (χ3v) is 13.1. The standard InChI is InChI=1S/C61H37N3/c1-3-17-40(18-4-1)59-62-60(41-19-5-2-6-20-41)64-61(63-59)58-51-28-13-11-26-49(51)55(50-27-12-14-29-52(50)58)39-35-33-38(34-36-39)54-37-42-21-15-30-47-45-24-9-7-22-43(45)44-23-8-10-25-46(44)48-31-16-32-53(54)57(48)56(42)47/h1-37H. The molecule has 0 N–H and O–H groups in total. The fraction of sp³-hybridized carbons (Fsp3) is 0. The molecule has 0 atom stereocenters. The highest BCUT2D eigenvalue weighted by molar-refractivity contribution is 6.34. The molecule has 13 rings (SSSR count). The Kier molecular flexibility index (Phi) is 8.22. The van der Waals surface area contributed by atoms with Crippen LogP contribution in [0.2, 0.25) is 0 Å². The van der Waals surface area contributed by atoms with Gasteiger partial charge in [0.05, 0.1) is 0 Å². The number of hydrogen-bond acceptors (Lipinski definition) is 3. The molecule has 0 radical (unpaired) electrons. The van der Waals surface area contributed by atoms with Crippen molar-refractivity contribution in [2.75, 3.05) is 0 Å². The second-order valence-electron chi connectivity index (χ2n) is 16.6. The van der Waals surface area contributed by atoms with Crippen molar-refractivity contribution in [2.24, 2.45) is 0 Å². The first kappa shape index (κ1) is 36.2. The first-order valence-corrected chi connectivity index (χ1v) is 21.9. The van der Waals surface area contributed by atoms with Crippen molar-refractivity contribution < 1.29 is 0 Å². The number of fused-ring (bicyclic) bond motifs is 7. The molecule has 0 spiro atoms. The molecule has 0 unspecified atom stereocenters. The van der Waals surface area contributed by atoms with Crippen molar-refractivity contribution >= 4 is 75.4 Å². The van der Waals surface area contributed by atoms with Crippen LogP contribution < -0.4 is 0 Å². The van der Waals surface area contributed by atoms with Crippen LogP contribution in [0.4, 0.5) is 0 Å². The summed E-state index contributed by atoms with van der Waals surface area (Å²) in [5.74, 6) is 1.94. The van der Waals surface area contributed by atoms with Crippen LogP contribution in [0.1, 0.15) is 0 Å². The highest BCUT2D eigenvalue weighted by atomic mass is 15.0. The van der Waals surface area contributed by atoms with Gasteiger partial charge < -0.3 is 0 Å². The molecule has 0 saturated heterocycles. The molecule has 0 saturated carbocycles. The average molecular weight is 812 g/mol. The van der Waals surface area contributed by atoms with Crippen LogP contribution >= 0.6 is 0 Å². The van der Waals surface area contributed by atoms with E-state index in [1.807, 2.05) is 36.4 Å². The third-order valence-electron chi connectivity index (χ3n) is 13.1. The monoisotopic (exact) mass is 811 g/mol. The van der Waals surface area contributed by atoms with Crippen LogP contribution in [-0.4, -0.2) is 15.0 Å². The van der Waals surface area contributed by atoms with Gasteiger partial charge >= 0.3 is 0 Å². The van der Waals surface area contributed by atoms with E-state index >= 15 is 0 Å². The van der Waals surface area contributed by atoms with Crippen molar-refractivity contribution in [3.8, 4) is 56.4 Å². The van der Waals surface area contributed by atoms with E-state index < -0.39 is 0 Å². The molecule has 12 aromatic carbocycles. The Morgan fingerprint density at radius 3 is 1.12 bits per heavy atom. The SMILES string of the molecule is c1ccc(-c2nc(-c3ccccc3)nc(-c3c4ccccc4c(-c4ccc(-c5cc6cccc7c8ccccc8c8ccccc8c8cccc5c8c67)cc4)c4ccccc34)n2)cc1. The van der Waals surface area contributed by atoms with Crippen LogP contribution in [0.3, 0.4) is 0 Å². The van der Waals surface area contributed by atoms with Gasteiger partial charge in [0, 0.05) is 16.7 Å². The zero-order chi connectivity index (χ0) is 42.1. The Morgan fingerprint density at radius 2 is 0.594 bits per heavy atom. The van der Waals surface area contributed by atoms with Crippen molar-refractivity contribution in [1.82, 2.24) is 15.0 Å². The summed E-state index contributed by atoms with van der Waals surface area (Å²) in [5, 5.41) is 17.2. The van der Waals surface area contributed by atoms with Crippen molar-refractivity contribution in [1.29, 1.82) is 0 Å². The quantitative estimate of drug-likeness (QED) is 0.128. The van der Waals surface area contributed by atoms with Crippen LogP contribution in [0.5, 0.6) is 0 Å². The molecule has 0 amide bonds. The normalized spacial score (nSPS) is 11.8. The third kappa shape index (κ3) is 5.65. The average Bonchev–Trinajstić information content (AvgIpc) is 3.37. The fourth-order valence-corrected chi connectivity index (χ4v) is 10.3. The van der Waals surface area contributed by atoms with Crippen molar-refractivity contribution in [3.05, 3.63) is 224 Å². The first-order valence-electron chi connectivity index (χ1n) is 21.9. The fourth-order valence-electron chi connectivity index (χ4n) is 10.3. The molecule has 13 aromatic rings. The van der Waals surface area contributed by atoms with Gasteiger partial charge in [0.25, 0.3) is 0 Å². The maximum Gasteiger partial charge on any atom is 0.165 e. The second kappa shape index (κ2) is 14.5. The molecule has 296 valence electrons. The van der Waals surface area contributed by atoms with E-state index in [-0.39, 0.29) is 0 Å². The minimum atomic E-state index is 0.646. The predicted octanol–water partition coefficient (Wildman–Crippen LogP) is 16.3. The molecule has 3 nitrogen and oxygen atoms in total. The van der Waals surface area contributed by atoms with E-state index in [1.54, 1.807) is 0 Å². The summed E-state index contributed by atoms with van der Waals surface area (Å²) in [6.45, 7) is 0. The van der Waals surface area contributed by atoms with Gasteiger partial charge in [-0.15, -0.1) is 0 Å². The Bertz CT molecular complexity index is 3880. The maximum atomic E-state index is 5.22. The number of benzene rings is 11. The summed E-state index contributed by atoms with van der Waals surface area (Å²) in [5.41, 5.74) is 7.64.